The third-order valence-electron chi connectivity index (χ3n) is 6.79. The zero-order valence-corrected chi connectivity index (χ0v) is 26.0. The summed E-state index contributed by atoms with van der Waals surface area (Å²) < 4.78 is 27.5. The number of nitrogens with one attached hydrogen (secondary N) is 1. The minimum Gasteiger partial charge on any atom is -0.355 e. The summed E-state index contributed by atoms with van der Waals surface area (Å²) >= 11 is 3.50. The van der Waals surface area contributed by atoms with Crippen LogP contribution in [0.4, 0.5) is 5.69 Å². The molecule has 0 saturated heterocycles. The van der Waals surface area contributed by atoms with Gasteiger partial charge < -0.3 is 10.2 Å². The van der Waals surface area contributed by atoms with Gasteiger partial charge in [0.05, 0.1) is 11.9 Å². The molecular weight excluding hydrogens is 590 g/mol. The predicted octanol–water partition coefficient (Wildman–Crippen LogP) is 5.39. The second kappa shape index (κ2) is 14.5. The van der Waals surface area contributed by atoms with Gasteiger partial charge in [-0.15, -0.1) is 0 Å². The van der Waals surface area contributed by atoms with Crippen molar-refractivity contribution in [2.45, 2.75) is 52.6 Å². The van der Waals surface area contributed by atoms with E-state index in [4.69, 9.17) is 0 Å². The highest BCUT2D eigenvalue weighted by Crippen LogP contribution is 2.23. The van der Waals surface area contributed by atoms with Gasteiger partial charge >= 0.3 is 0 Å². The first-order chi connectivity index (χ1) is 19.0. The second-order valence-corrected chi connectivity index (χ2v) is 12.8. The summed E-state index contributed by atoms with van der Waals surface area (Å²) in [5, 5.41) is 2.89. The van der Waals surface area contributed by atoms with Crippen LogP contribution in [0.3, 0.4) is 0 Å². The number of likely N-dealkylation sites (N-methyl/N-ethyl adjacent to an activating group) is 1. The lowest BCUT2D eigenvalue weighted by Gasteiger charge is -2.32. The number of carbonyl (C=O) groups excluding carboxylic acids is 2. The molecule has 0 heterocycles. The quantitative estimate of drug-likeness (QED) is 0.275. The number of halogens is 1. The molecule has 0 unspecified atom stereocenters. The number of carbonyl (C=O) groups is 2. The maximum Gasteiger partial charge on any atom is 0.243 e. The molecule has 0 aliphatic heterocycles. The Kier molecular flexibility index (Phi) is 11.3. The SMILES string of the molecule is CCNC(=O)[C@H](Cc1ccccc1)N(Cc1cccc(Br)c1)C(=O)CCCN(c1ccc(C)c(C)c1)S(C)(=O)=O. The molecule has 0 spiro atoms. The fraction of sp³-hybridized carbons (Fsp3) is 0.355. The van der Waals surface area contributed by atoms with Crippen molar-refractivity contribution in [3.63, 3.8) is 0 Å². The Bertz CT molecular complexity index is 1410. The van der Waals surface area contributed by atoms with Crippen LogP contribution in [0.5, 0.6) is 0 Å². The van der Waals surface area contributed by atoms with E-state index in [0.717, 1.165) is 26.7 Å². The number of hydrogen-bond acceptors (Lipinski definition) is 4. The Morgan fingerprint density at radius 1 is 0.925 bits per heavy atom. The van der Waals surface area contributed by atoms with Gasteiger partial charge in [-0.1, -0.05) is 64.5 Å². The highest BCUT2D eigenvalue weighted by atomic mass is 79.9. The number of nitrogens with zero attached hydrogens (tertiary/aromatic N) is 2. The number of sulfonamides is 1. The van der Waals surface area contributed by atoms with Crippen molar-refractivity contribution in [1.82, 2.24) is 10.2 Å². The fourth-order valence-electron chi connectivity index (χ4n) is 4.56. The van der Waals surface area contributed by atoms with Crippen LogP contribution in [0.25, 0.3) is 0 Å². The van der Waals surface area contributed by atoms with Gasteiger partial charge in [0.1, 0.15) is 6.04 Å². The van der Waals surface area contributed by atoms with E-state index in [1.54, 1.807) is 11.0 Å². The number of aryl methyl sites for hydroxylation is 2. The molecule has 40 heavy (non-hydrogen) atoms. The van der Waals surface area contributed by atoms with E-state index in [9.17, 15) is 18.0 Å². The molecule has 1 N–H and O–H groups in total. The molecule has 0 radical (unpaired) electrons. The summed E-state index contributed by atoms with van der Waals surface area (Å²) in [6, 6.07) is 22.1. The lowest BCUT2D eigenvalue weighted by Crippen LogP contribution is -2.50. The molecule has 214 valence electrons. The maximum atomic E-state index is 13.8. The molecule has 0 aliphatic carbocycles. The van der Waals surface area contributed by atoms with Crippen LogP contribution in [0.2, 0.25) is 0 Å². The van der Waals surface area contributed by atoms with E-state index in [2.05, 4.69) is 21.2 Å². The van der Waals surface area contributed by atoms with E-state index < -0.39 is 16.1 Å². The standard InChI is InChI=1S/C31H38BrN3O4S/c1-5-33-31(37)29(21-25-11-7-6-8-12-25)34(22-26-13-9-14-27(32)20-26)30(36)15-10-18-35(40(4,38)39)28-17-16-23(2)24(3)19-28/h6-9,11-14,16-17,19-20,29H,5,10,15,18,21-22H2,1-4H3,(H,33,37)/t29-/m0/s1. The van der Waals surface area contributed by atoms with Gasteiger partial charge in [0.25, 0.3) is 0 Å². The van der Waals surface area contributed by atoms with Crippen molar-refractivity contribution < 1.29 is 18.0 Å². The van der Waals surface area contributed by atoms with E-state index in [-0.39, 0.29) is 31.3 Å². The molecule has 1 atom stereocenters. The maximum absolute atomic E-state index is 13.8. The van der Waals surface area contributed by atoms with E-state index in [1.165, 1.54) is 10.6 Å². The average Bonchev–Trinajstić information content (AvgIpc) is 2.90. The molecule has 3 aromatic carbocycles. The molecule has 3 aromatic rings. The summed E-state index contributed by atoms with van der Waals surface area (Å²) in [6.45, 7) is 6.62. The zero-order valence-electron chi connectivity index (χ0n) is 23.6. The summed E-state index contributed by atoms with van der Waals surface area (Å²) in [5.74, 6) is -0.428. The number of rotatable bonds is 13. The Hall–Kier alpha value is -3.17. The van der Waals surface area contributed by atoms with Gasteiger partial charge in [-0.3, -0.25) is 13.9 Å². The smallest absolute Gasteiger partial charge is 0.243 e. The molecule has 0 saturated carbocycles. The first kappa shape index (κ1) is 31.4. The van der Waals surface area contributed by atoms with E-state index >= 15 is 0 Å². The van der Waals surface area contributed by atoms with Crippen molar-refractivity contribution in [3.05, 3.63) is 99.5 Å². The third-order valence-corrected chi connectivity index (χ3v) is 8.48. The lowest BCUT2D eigenvalue weighted by molar-refractivity contribution is -0.141. The van der Waals surface area contributed by atoms with Crippen LogP contribution < -0.4 is 9.62 Å². The Labute approximate surface area is 246 Å². The van der Waals surface area contributed by atoms with Gasteiger partial charge in [0.15, 0.2) is 0 Å². The topological polar surface area (TPSA) is 86.8 Å². The van der Waals surface area contributed by atoms with Gasteiger partial charge in [-0.25, -0.2) is 8.42 Å². The normalized spacial score (nSPS) is 12.0. The molecule has 0 fully saturated rings. The first-order valence-electron chi connectivity index (χ1n) is 13.4. The molecule has 3 rings (SSSR count). The van der Waals surface area contributed by atoms with Crippen LogP contribution in [-0.2, 0) is 32.6 Å². The summed E-state index contributed by atoms with van der Waals surface area (Å²) in [6.07, 6.45) is 1.94. The van der Waals surface area contributed by atoms with E-state index in [0.29, 0.717) is 25.1 Å². The van der Waals surface area contributed by atoms with Gasteiger partial charge in [0.2, 0.25) is 21.8 Å². The van der Waals surface area contributed by atoms with Gasteiger partial charge in [-0.2, -0.15) is 0 Å². The third kappa shape index (κ3) is 8.93. The van der Waals surface area contributed by atoms with Crippen LogP contribution in [0, 0.1) is 13.8 Å². The molecule has 0 aromatic heterocycles. The fourth-order valence-corrected chi connectivity index (χ4v) is 5.97. The van der Waals surface area contributed by atoms with Crippen molar-refractivity contribution in [2.75, 3.05) is 23.7 Å². The summed E-state index contributed by atoms with van der Waals surface area (Å²) in [4.78, 5) is 28.7. The van der Waals surface area contributed by atoms with E-state index in [1.807, 2.05) is 87.5 Å². The van der Waals surface area contributed by atoms with Crippen molar-refractivity contribution in [2.24, 2.45) is 0 Å². The highest BCUT2D eigenvalue weighted by Gasteiger charge is 2.30. The van der Waals surface area contributed by atoms with Crippen molar-refractivity contribution in [1.29, 1.82) is 0 Å². The van der Waals surface area contributed by atoms with Crippen LogP contribution in [0.15, 0.2) is 77.3 Å². The minimum atomic E-state index is -3.56. The van der Waals surface area contributed by atoms with Crippen molar-refractivity contribution in [3.8, 4) is 0 Å². The van der Waals surface area contributed by atoms with Gasteiger partial charge in [-0.05, 0) is 73.7 Å². The van der Waals surface area contributed by atoms with Crippen LogP contribution >= 0.6 is 15.9 Å². The molecular formula is C31H38BrN3O4S. The molecule has 7 nitrogen and oxygen atoms in total. The number of anilines is 1. The predicted molar refractivity (Wildman–Crippen MR) is 165 cm³/mol. The Balaban J connectivity index is 1.87. The second-order valence-electron chi connectivity index (χ2n) is 9.96. The van der Waals surface area contributed by atoms with Crippen LogP contribution in [-0.4, -0.2) is 50.5 Å². The molecule has 2 amide bonds. The molecule has 9 heteroatoms. The Morgan fingerprint density at radius 3 is 2.25 bits per heavy atom. The van der Waals surface area contributed by atoms with Gasteiger partial charge in [0, 0.05) is 36.9 Å². The van der Waals surface area contributed by atoms with Crippen molar-refractivity contribution >= 4 is 43.5 Å². The lowest BCUT2D eigenvalue weighted by atomic mass is 10.0. The number of amides is 2. The largest absolute Gasteiger partial charge is 0.355 e. The summed E-state index contributed by atoms with van der Waals surface area (Å²) in [5.41, 5.74) is 4.48. The minimum absolute atomic E-state index is 0.0928. The first-order valence-corrected chi connectivity index (χ1v) is 16.0. The molecule has 0 bridgehead atoms. The van der Waals surface area contributed by atoms with Crippen LogP contribution in [0.1, 0.15) is 42.0 Å². The zero-order chi connectivity index (χ0) is 29.3. The monoisotopic (exact) mass is 627 g/mol. The Morgan fingerprint density at radius 2 is 1.62 bits per heavy atom. The number of benzene rings is 3. The number of hydrogen-bond donors (Lipinski definition) is 1. The molecule has 0 aliphatic rings. The average molecular weight is 629 g/mol. The summed E-state index contributed by atoms with van der Waals surface area (Å²) in [7, 11) is -3.56. The highest BCUT2D eigenvalue weighted by molar-refractivity contribution is 9.10.